The summed E-state index contributed by atoms with van der Waals surface area (Å²) in [5.41, 5.74) is 0.798. The van der Waals surface area contributed by atoms with Crippen molar-refractivity contribution in [2.45, 2.75) is 45.3 Å². The number of benzene rings is 1. The lowest BCUT2D eigenvalue weighted by molar-refractivity contribution is 0.0593. The van der Waals surface area contributed by atoms with Crippen molar-refractivity contribution >= 4 is 6.03 Å². The van der Waals surface area contributed by atoms with Crippen LogP contribution in [-0.2, 0) is 0 Å². The van der Waals surface area contributed by atoms with Crippen LogP contribution < -0.4 is 10.6 Å². The highest BCUT2D eigenvalue weighted by Gasteiger charge is 2.26. The molecule has 0 aliphatic carbocycles. The van der Waals surface area contributed by atoms with Crippen LogP contribution in [0.4, 0.5) is 4.79 Å². The van der Waals surface area contributed by atoms with Crippen molar-refractivity contribution in [3.05, 3.63) is 35.9 Å². The summed E-state index contributed by atoms with van der Waals surface area (Å²) < 4.78 is 0. The Balaban J connectivity index is 1.67. The van der Waals surface area contributed by atoms with E-state index < -0.39 is 0 Å². The monoisotopic (exact) mass is 333 g/mol. The summed E-state index contributed by atoms with van der Waals surface area (Å²) >= 11 is 0. The molecule has 24 heavy (non-hydrogen) atoms. The Bertz CT molecular complexity index is 505. The molecule has 1 saturated heterocycles. The fourth-order valence-corrected chi connectivity index (χ4v) is 3.13. The van der Waals surface area contributed by atoms with Crippen LogP contribution in [0, 0.1) is 5.92 Å². The number of aliphatic hydroxyl groups is 1. The summed E-state index contributed by atoms with van der Waals surface area (Å²) in [7, 11) is 0. The predicted molar refractivity (Wildman–Crippen MR) is 96.9 cm³/mol. The van der Waals surface area contributed by atoms with E-state index in [1.807, 2.05) is 51.1 Å². The molecule has 5 nitrogen and oxygen atoms in total. The van der Waals surface area contributed by atoms with E-state index in [2.05, 4.69) is 15.5 Å². The molecular formula is C19H31N3O2. The third-order valence-electron chi connectivity index (χ3n) is 4.42. The highest BCUT2D eigenvalue weighted by molar-refractivity contribution is 5.74. The van der Waals surface area contributed by atoms with Gasteiger partial charge in [0.15, 0.2) is 0 Å². The topological polar surface area (TPSA) is 64.6 Å². The van der Waals surface area contributed by atoms with Gasteiger partial charge in [0.25, 0.3) is 0 Å². The molecule has 1 aliphatic rings. The minimum atomic E-state index is -0.371. The van der Waals surface area contributed by atoms with Crippen molar-refractivity contribution in [3.8, 4) is 0 Å². The van der Waals surface area contributed by atoms with Gasteiger partial charge < -0.3 is 20.6 Å². The molecule has 5 heteroatoms. The maximum Gasteiger partial charge on any atom is 0.315 e. The molecule has 1 aromatic carbocycles. The summed E-state index contributed by atoms with van der Waals surface area (Å²) in [5, 5.41) is 16.3. The number of nitrogens with zero attached hydrogens (tertiary/aromatic N) is 1. The molecule has 0 saturated carbocycles. The molecule has 1 aliphatic heterocycles. The fourth-order valence-electron chi connectivity index (χ4n) is 3.13. The largest absolute Gasteiger partial charge is 0.388 e. The second-order valence-electron chi connectivity index (χ2n) is 7.67. The van der Waals surface area contributed by atoms with Gasteiger partial charge in [0.2, 0.25) is 0 Å². The number of carbonyl (C=O) groups excluding carboxylic acids is 1. The molecule has 0 radical (unpaired) electrons. The fraction of sp³-hybridized carbons (Fsp3) is 0.632. The van der Waals surface area contributed by atoms with Gasteiger partial charge in [-0.3, -0.25) is 0 Å². The molecule has 1 heterocycles. The van der Waals surface area contributed by atoms with Crippen molar-refractivity contribution in [1.29, 1.82) is 0 Å². The number of urea groups is 1. The molecule has 1 fully saturated rings. The number of aliphatic hydroxyl groups excluding tert-OH is 1. The van der Waals surface area contributed by atoms with Crippen LogP contribution in [0.3, 0.4) is 0 Å². The van der Waals surface area contributed by atoms with E-state index in [0.29, 0.717) is 12.5 Å². The van der Waals surface area contributed by atoms with E-state index >= 15 is 0 Å². The number of nitrogens with one attached hydrogen (secondary N) is 2. The van der Waals surface area contributed by atoms with E-state index in [-0.39, 0.29) is 17.7 Å². The Morgan fingerprint density at radius 3 is 2.46 bits per heavy atom. The first-order valence-corrected chi connectivity index (χ1v) is 8.86. The van der Waals surface area contributed by atoms with Gasteiger partial charge in [-0.25, -0.2) is 4.79 Å². The van der Waals surface area contributed by atoms with Crippen molar-refractivity contribution < 1.29 is 9.90 Å². The zero-order valence-electron chi connectivity index (χ0n) is 15.1. The summed E-state index contributed by atoms with van der Waals surface area (Å²) in [6.07, 6.45) is 1.61. The van der Waals surface area contributed by atoms with Crippen molar-refractivity contribution in [3.63, 3.8) is 0 Å². The van der Waals surface area contributed by atoms with Gasteiger partial charge in [0.1, 0.15) is 0 Å². The lowest BCUT2D eigenvalue weighted by Crippen LogP contribution is -2.48. The molecular weight excluding hydrogens is 302 g/mol. The molecule has 1 unspecified atom stereocenters. The predicted octanol–water partition coefficient (Wildman–Crippen LogP) is 2.53. The number of amides is 2. The second kappa shape index (κ2) is 8.49. The van der Waals surface area contributed by atoms with Gasteiger partial charge in [-0.2, -0.15) is 0 Å². The van der Waals surface area contributed by atoms with Crippen molar-refractivity contribution in [2.24, 2.45) is 5.92 Å². The maximum absolute atomic E-state index is 11.7. The molecule has 3 N–H and O–H groups in total. The van der Waals surface area contributed by atoms with E-state index in [1.54, 1.807) is 0 Å². The molecule has 1 aromatic rings. The Kier molecular flexibility index (Phi) is 6.63. The lowest BCUT2D eigenvalue weighted by Gasteiger charge is -2.34. The molecule has 1 atom stereocenters. The average Bonchev–Trinajstić information content (AvgIpc) is 2.54. The second-order valence-corrected chi connectivity index (χ2v) is 7.67. The van der Waals surface area contributed by atoms with E-state index in [9.17, 15) is 9.90 Å². The highest BCUT2D eigenvalue weighted by Crippen LogP contribution is 2.30. The normalized spacial score (nSPS) is 18.2. The molecule has 134 valence electrons. The SMILES string of the molecule is CC(C)(C)NC(=O)NCCN1CCC(C(O)c2ccccc2)CC1. The Morgan fingerprint density at radius 2 is 1.88 bits per heavy atom. The van der Waals surface area contributed by atoms with Gasteiger partial charge >= 0.3 is 6.03 Å². The summed E-state index contributed by atoms with van der Waals surface area (Å²) in [5.74, 6) is 0.320. The Labute approximate surface area is 145 Å². The van der Waals surface area contributed by atoms with Crippen LogP contribution in [0.25, 0.3) is 0 Å². The van der Waals surface area contributed by atoms with Gasteiger partial charge in [0.05, 0.1) is 6.10 Å². The van der Waals surface area contributed by atoms with Gasteiger partial charge in [-0.15, -0.1) is 0 Å². The van der Waals surface area contributed by atoms with Crippen LogP contribution in [0.5, 0.6) is 0 Å². The zero-order valence-corrected chi connectivity index (χ0v) is 15.1. The third-order valence-corrected chi connectivity index (χ3v) is 4.42. The molecule has 2 amide bonds. The third kappa shape index (κ3) is 6.13. The average molecular weight is 333 g/mol. The molecule has 2 rings (SSSR count). The first-order valence-electron chi connectivity index (χ1n) is 8.86. The number of carbonyl (C=O) groups is 1. The van der Waals surface area contributed by atoms with Gasteiger partial charge in [-0.05, 0) is 58.2 Å². The number of piperidine rings is 1. The molecule has 0 aromatic heterocycles. The molecule has 0 spiro atoms. The van der Waals surface area contributed by atoms with Crippen LogP contribution in [0.2, 0.25) is 0 Å². The van der Waals surface area contributed by atoms with Gasteiger partial charge in [-0.1, -0.05) is 30.3 Å². The first kappa shape index (κ1) is 18.7. The van der Waals surface area contributed by atoms with Crippen LogP contribution in [0.15, 0.2) is 30.3 Å². The summed E-state index contributed by atoms with van der Waals surface area (Å²) in [6.45, 7) is 9.34. The Hall–Kier alpha value is -1.59. The Morgan fingerprint density at radius 1 is 1.25 bits per heavy atom. The smallest absolute Gasteiger partial charge is 0.315 e. The minimum absolute atomic E-state index is 0.114. The summed E-state index contributed by atoms with van der Waals surface area (Å²) in [6, 6.07) is 9.80. The van der Waals surface area contributed by atoms with Crippen molar-refractivity contribution in [2.75, 3.05) is 26.2 Å². The lowest BCUT2D eigenvalue weighted by atomic mass is 9.87. The number of hydrogen-bond acceptors (Lipinski definition) is 3. The zero-order chi connectivity index (χ0) is 17.6. The quantitative estimate of drug-likeness (QED) is 0.776. The van der Waals surface area contributed by atoms with Crippen LogP contribution >= 0.6 is 0 Å². The first-order chi connectivity index (χ1) is 11.3. The van der Waals surface area contributed by atoms with Crippen molar-refractivity contribution in [1.82, 2.24) is 15.5 Å². The highest BCUT2D eigenvalue weighted by atomic mass is 16.3. The number of rotatable bonds is 5. The maximum atomic E-state index is 11.7. The molecule has 0 bridgehead atoms. The number of hydrogen-bond donors (Lipinski definition) is 3. The number of likely N-dealkylation sites (tertiary alicyclic amines) is 1. The van der Waals surface area contributed by atoms with E-state index in [1.165, 1.54) is 0 Å². The van der Waals surface area contributed by atoms with E-state index in [4.69, 9.17) is 0 Å². The van der Waals surface area contributed by atoms with Crippen LogP contribution in [0.1, 0.15) is 45.3 Å². The minimum Gasteiger partial charge on any atom is -0.388 e. The standard InChI is InChI=1S/C19H31N3O2/c1-19(2,3)21-18(24)20-11-14-22-12-9-16(10-13-22)17(23)15-7-5-4-6-8-15/h4-8,16-17,23H,9-14H2,1-3H3,(H2,20,21,24). The van der Waals surface area contributed by atoms with E-state index in [0.717, 1.165) is 38.0 Å². The van der Waals surface area contributed by atoms with Gasteiger partial charge in [0, 0.05) is 18.6 Å². The summed E-state index contributed by atoms with van der Waals surface area (Å²) in [4.78, 5) is 14.1. The van der Waals surface area contributed by atoms with Crippen LogP contribution in [-0.4, -0.2) is 47.8 Å².